The molecule has 0 aromatic heterocycles. The van der Waals surface area contributed by atoms with Gasteiger partial charge in [-0.2, -0.15) is 0 Å². The topological polar surface area (TPSA) is 35.8 Å². The maximum Gasteiger partial charge on any atom is 0.141 e. The van der Waals surface area contributed by atoms with Gasteiger partial charge in [-0.3, -0.25) is 4.99 Å². The molecule has 2 aromatic rings. The molecule has 1 aliphatic rings. The van der Waals surface area contributed by atoms with E-state index in [2.05, 4.69) is 43.8 Å². The van der Waals surface area contributed by atoms with Gasteiger partial charge in [0.2, 0.25) is 0 Å². The Bertz CT molecular complexity index is 798. The van der Waals surface area contributed by atoms with Crippen LogP contribution in [0.1, 0.15) is 44.2 Å². The minimum atomic E-state index is 0.112. The number of nitrogens with zero attached hydrogens (tertiary/aromatic N) is 2. The van der Waals surface area contributed by atoms with Crippen molar-refractivity contribution in [3.8, 4) is 5.75 Å². The third-order valence-corrected chi connectivity index (χ3v) is 5.30. The van der Waals surface area contributed by atoms with Gasteiger partial charge in [0.15, 0.2) is 0 Å². The molecular weight excluding hydrogens is 320 g/mol. The quantitative estimate of drug-likeness (QED) is 0.729. The van der Waals surface area contributed by atoms with Crippen molar-refractivity contribution in [2.75, 3.05) is 11.9 Å². The third-order valence-electron chi connectivity index (χ3n) is 4.98. The van der Waals surface area contributed by atoms with Crippen molar-refractivity contribution >= 4 is 29.2 Å². The Hall–Kier alpha value is -2.00. The number of halogens is 1. The van der Waals surface area contributed by atoms with Gasteiger partial charge >= 0.3 is 0 Å². The molecule has 0 radical (unpaired) electrons. The summed E-state index contributed by atoms with van der Waals surface area (Å²) in [4.78, 5) is 6.69. The molecular formula is C20H23ClN2O. The molecule has 24 heavy (non-hydrogen) atoms. The molecule has 0 aliphatic carbocycles. The van der Waals surface area contributed by atoms with Crippen molar-refractivity contribution in [3.05, 3.63) is 52.5 Å². The molecule has 0 fully saturated rings. The number of anilines is 1. The summed E-state index contributed by atoms with van der Waals surface area (Å²) >= 11 is 6.49. The van der Waals surface area contributed by atoms with Crippen LogP contribution in [0.25, 0.3) is 0 Å². The highest BCUT2D eigenvalue weighted by molar-refractivity contribution is 6.33. The lowest BCUT2D eigenvalue weighted by Crippen LogP contribution is -2.45. The fourth-order valence-corrected chi connectivity index (χ4v) is 3.62. The number of phenolic OH excluding ortho intramolecular Hbond substituents is 1. The molecule has 1 N–H and O–H groups in total. The van der Waals surface area contributed by atoms with Crippen molar-refractivity contribution in [1.29, 1.82) is 0 Å². The van der Waals surface area contributed by atoms with Crippen LogP contribution < -0.4 is 4.90 Å². The Morgan fingerprint density at radius 1 is 1.29 bits per heavy atom. The highest BCUT2D eigenvalue weighted by Gasteiger charge is 2.34. The average molecular weight is 343 g/mol. The predicted molar refractivity (Wildman–Crippen MR) is 102 cm³/mol. The van der Waals surface area contributed by atoms with Gasteiger partial charge in [-0.25, -0.2) is 0 Å². The summed E-state index contributed by atoms with van der Waals surface area (Å²) in [6, 6.07) is 11.2. The zero-order valence-electron chi connectivity index (χ0n) is 14.5. The molecule has 1 heterocycles. The van der Waals surface area contributed by atoms with Crippen molar-refractivity contribution in [1.82, 2.24) is 0 Å². The van der Waals surface area contributed by atoms with Crippen LogP contribution in [0, 0.1) is 0 Å². The van der Waals surface area contributed by atoms with Crippen molar-refractivity contribution in [2.45, 2.75) is 38.6 Å². The van der Waals surface area contributed by atoms with Gasteiger partial charge in [-0.05, 0) is 56.0 Å². The van der Waals surface area contributed by atoms with Crippen LogP contribution >= 0.6 is 11.6 Å². The van der Waals surface area contributed by atoms with Gasteiger partial charge in [-0.15, -0.1) is 0 Å². The van der Waals surface area contributed by atoms with E-state index in [1.807, 2.05) is 12.1 Å². The third kappa shape index (κ3) is 3.01. The van der Waals surface area contributed by atoms with Crippen LogP contribution in [0.5, 0.6) is 5.75 Å². The van der Waals surface area contributed by atoms with Gasteiger partial charge < -0.3 is 10.0 Å². The first kappa shape index (κ1) is 16.8. The Labute approximate surface area is 148 Å². The Morgan fingerprint density at radius 3 is 2.71 bits per heavy atom. The van der Waals surface area contributed by atoms with E-state index < -0.39 is 0 Å². The summed E-state index contributed by atoms with van der Waals surface area (Å²) in [5, 5.41) is 10.5. The lowest BCUT2D eigenvalue weighted by Gasteiger charge is -2.45. The number of phenols is 1. The number of fused-ring (bicyclic) bond motifs is 1. The second-order valence-corrected chi connectivity index (χ2v) is 7.56. The number of hydrogen-bond acceptors (Lipinski definition) is 3. The van der Waals surface area contributed by atoms with Gasteiger partial charge in [0.05, 0.1) is 5.02 Å². The zero-order chi connectivity index (χ0) is 17.5. The lowest BCUT2D eigenvalue weighted by molar-refractivity contribution is 0.395. The number of rotatable bonds is 2. The van der Waals surface area contributed by atoms with Crippen LogP contribution in [0.3, 0.4) is 0 Å². The van der Waals surface area contributed by atoms with Gasteiger partial charge in [-0.1, -0.05) is 30.7 Å². The molecule has 1 aliphatic heterocycles. The molecule has 0 saturated heterocycles. The van der Waals surface area contributed by atoms with Gasteiger partial charge in [0.1, 0.15) is 11.4 Å². The van der Waals surface area contributed by atoms with Crippen LogP contribution in [0.2, 0.25) is 5.02 Å². The lowest BCUT2D eigenvalue weighted by atomic mass is 9.80. The summed E-state index contributed by atoms with van der Waals surface area (Å²) in [5.41, 5.74) is 4.00. The summed E-state index contributed by atoms with van der Waals surface area (Å²) < 4.78 is 0. The van der Waals surface area contributed by atoms with Crippen molar-refractivity contribution < 1.29 is 5.11 Å². The minimum Gasteiger partial charge on any atom is -0.506 e. The van der Waals surface area contributed by atoms with Crippen LogP contribution in [0.4, 0.5) is 11.4 Å². The maximum absolute atomic E-state index is 9.83. The SMILES string of the molecule is C[C@@H]1CC(C)(C)N(C)c2cc(Cl)c(C=Nc3ccccc3O)cc21. The Morgan fingerprint density at radius 2 is 2.00 bits per heavy atom. The highest BCUT2D eigenvalue weighted by Crippen LogP contribution is 2.44. The zero-order valence-corrected chi connectivity index (χ0v) is 15.3. The Balaban J connectivity index is 2.01. The van der Waals surface area contributed by atoms with Gasteiger partial charge in [0.25, 0.3) is 0 Å². The summed E-state index contributed by atoms with van der Waals surface area (Å²) in [6.07, 6.45) is 2.82. The molecule has 0 bridgehead atoms. The first-order valence-electron chi connectivity index (χ1n) is 8.19. The smallest absolute Gasteiger partial charge is 0.141 e. The standard InChI is InChI=1S/C20H23ClN2O/c1-13-11-20(2,3)23(4)18-10-16(21)14(9-15(13)18)12-22-17-7-5-6-8-19(17)24/h5-10,12-13,24H,11H2,1-4H3/t13-/m1/s1. The molecule has 4 heteroatoms. The molecule has 2 aromatic carbocycles. The second-order valence-electron chi connectivity index (χ2n) is 7.16. The number of para-hydroxylation sites is 2. The van der Waals surface area contributed by atoms with Crippen molar-refractivity contribution in [2.24, 2.45) is 4.99 Å². The number of aliphatic imine (C=N–C) groups is 1. The molecule has 3 nitrogen and oxygen atoms in total. The van der Waals surface area contributed by atoms with Crippen LogP contribution in [-0.2, 0) is 0 Å². The van der Waals surface area contributed by atoms with E-state index in [4.69, 9.17) is 11.6 Å². The van der Waals surface area contributed by atoms with Crippen LogP contribution in [0.15, 0.2) is 41.4 Å². The summed E-state index contributed by atoms with van der Waals surface area (Å²) in [5.74, 6) is 0.624. The Kier molecular flexibility index (Phi) is 4.31. The van der Waals surface area contributed by atoms with Gasteiger partial charge in [0, 0.05) is 30.1 Å². The fourth-order valence-electron chi connectivity index (χ4n) is 3.42. The fraction of sp³-hybridized carbons (Fsp3) is 0.350. The molecule has 1 atom stereocenters. The van der Waals surface area contributed by atoms with E-state index in [0.29, 0.717) is 16.6 Å². The van der Waals surface area contributed by atoms with E-state index in [0.717, 1.165) is 12.0 Å². The average Bonchev–Trinajstić information content (AvgIpc) is 2.52. The normalized spacial score (nSPS) is 19.5. The molecule has 0 unspecified atom stereocenters. The first-order valence-corrected chi connectivity index (χ1v) is 8.57. The number of hydrogen-bond donors (Lipinski definition) is 1. The van der Waals surface area contributed by atoms with E-state index in [1.54, 1.807) is 24.4 Å². The van der Waals surface area contributed by atoms with E-state index in [1.165, 1.54) is 11.3 Å². The van der Waals surface area contributed by atoms with E-state index >= 15 is 0 Å². The molecule has 3 rings (SSSR count). The summed E-state index contributed by atoms with van der Waals surface area (Å²) in [6.45, 7) is 6.77. The van der Waals surface area contributed by atoms with Crippen LogP contribution in [-0.4, -0.2) is 23.9 Å². The molecule has 0 amide bonds. The van der Waals surface area contributed by atoms with E-state index in [-0.39, 0.29) is 11.3 Å². The molecule has 0 saturated carbocycles. The van der Waals surface area contributed by atoms with Crippen molar-refractivity contribution in [3.63, 3.8) is 0 Å². The predicted octanol–water partition coefficient (Wildman–Crippen LogP) is 5.52. The van der Waals surface area contributed by atoms with E-state index in [9.17, 15) is 5.11 Å². The number of aromatic hydroxyl groups is 1. The first-order chi connectivity index (χ1) is 11.3. The molecule has 126 valence electrons. The monoisotopic (exact) mass is 342 g/mol. The maximum atomic E-state index is 9.83. The highest BCUT2D eigenvalue weighted by atomic mass is 35.5. The number of benzene rings is 2. The second kappa shape index (κ2) is 6.14. The minimum absolute atomic E-state index is 0.112. The summed E-state index contributed by atoms with van der Waals surface area (Å²) in [7, 11) is 2.12. The largest absolute Gasteiger partial charge is 0.506 e. The molecule has 0 spiro atoms.